The van der Waals surface area contributed by atoms with Gasteiger partial charge in [0, 0.05) is 0 Å². The van der Waals surface area contributed by atoms with Gasteiger partial charge in [0.25, 0.3) is 0 Å². The topological polar surface area (TPSA) is 34.1 Å². The van der Waals surface area contributed by atoms with Gasteiger partial charge >= 0.3 is 0 Å². The van der Waals surface area contributed by atoms with Crippen molar-refractivity contribution in [3.8, 4) is 0 Å². The van der Waals surface area contributed by atoms with E-state index in [1.165, 1.54) is 25.2 Å². The van der Waals surface area contributed by atoms with E-state index in [9.17, 15) is 9.59 Å². The van der Waals surface area contributed by atoms with Gasteiger partial charge in [-0.2, -0.15) is 0 Å². The third-order valence-electron chi connectivity index (χ3n) is 1.13. The molecule has 0 saturated heterocycles. The van der Waals surface area contributed by atoms with E-state index in [1.54, 1.807) is 24.3 Å². The summed E-state index contributed by atoms with van der Waals surface area (Å²) >= 11 is 0. The molecule has 0 aromatic heterocycles. The molecule has 0 aromatic rings. The molecule has 0 aliphatic heterocycles. The standard InChI is InChI=1S/C11H12O2/c1-3-11(13)9-7-5-4-6-8-10(2)12/h3-9H,1H2,2H3/b5-4-,8-6+,9-7+. The fourth-order valence-corrected chi connectivity index (χ4v) is 0.538. The number of carbonyl (C=O) groups is 2. The number of hydrogen-bond donors (Lipinski definition) is 0. The molecule has 0 fully saturated rings. The van der Waals surface area contributed by atoms with Gasteiger partial charge in [-0.05, 0) is 25.2 Å². The van der Waals surface area contributed by atoms with Crippen molar-refractivity contribution in [2.45, 2.75) is 6.92 Å². The van der Waals surface area contributed by atoms with E-state index in [-0.39, 0.29) is 11.6 Å². The maximum Gasteiger partial charge on any atom is 0.178 e. The lowest BCUT2D eigenvalue weighted by atomic mass is 10.3. The first-order chi connectivity index (χ1) is 6.16. The summed E-state index contributed by atoms with van der Waals surface area (Å²) in [6.07, 6.45) is 10.6. The van der Waals surface area contributed by atoms with Crippen LogP contribution in [-0.2, 0) is 9.59 Å². The van der Waals surface area contributed by atoms with E-state index < -0.39 is 0 Å². The van der Waals surface area contributed by atoms with Crippen molar-refractivity contribution in [3.63, 3.8) is 0 Å². The molecule has 0 radical (unpaired) electrons. The SMILES string of the molecule is C=CC(=O)/C=C/C=C\C=C\C(C)=O. The van der Waals surface area contributed by atoms with Crippen LogP contribution in [0.1, 0.15) is 6.92 Å². The van der Waals surface area contributed by atoms with E-state index in [1.807, 2.05) is 0 Å². The van der Waals surface area contributed by atoms with Crippen molar-refractivity contribution in [1.82, 2.24) is 0 Å². The van der Waals surface area contributed by atoms with Crippen molar-refractivity contribution in [1.29, 1.82) is 0 Å². The van der Waals surface area contributed by atoms with Gasteiger partial charge in [0.2, 0.25) is 0 Å². The zero-order valence-corrected chi connectivity index (χ0v) is 7.57. The Kier molecular flexibility index (Phi) is 6.06. The maximum absolute atomic E-state index is 10.6. The average molecular weight is 176 g/mol. The molecule has 2 heteroatoms. The molecule has 0 aromatic carbocycles. The van der Waals surface area contributed by atoms with Gasteiger partial charge in [-0.25, -0.2) is 0 Å². The van der Waals surface area contributed by atoms with Crippen molar-refractivity contribution in [2.75, 3.05) is 0 Å². The summed E-state index contributed by atoms with van der Waals surface area (Å²) in [7, 11) is 0. The Morgan fingerprint density at radius 3 is 2.00 bits per heavy atom. The normalized spacial score (nSPS) is 11.5. The van der Waals surface area contributed by atoms with Gasteiger partial charge in [0.1, 0.15) is 0 Å². The van der Waals surface area contributed by atoms with Crippen LogP contribution >= 0.6 is 0 Å². The minimum Gasteiger partial charge on any atom is -0.295 e. The summed E-state index contributed by atoms with van der Waals surface area (Å²) in [4.78, 5) is 21.1. The highest BCUT2D eigenvalue weighted by atomic mass is 16.1. The number of ketones is 2. The van der Waals surface area contributed by atoms with Gasteiger partial charge < -0.3 is 0 Å². The van der Waals surface area contributed by atoms with Crippen LogP contribution in [0.25, 0.3) is 0 Å². The molecule has 0 unspecified atom stereocenters. The minimum atomic E-state index is -0.139. The third-order valence-corrected chi connectivity index (χ3v) is 1.13. The summed E-state index contributed by atoms with van der Waals surface area (Å²) in [6.45, 7) is 4.79. The van der Waals surface area contributed by atoms with E-state index in [4.69, 9.17) is 0 Å². The maximum atomic E-state index is 10.6. The zero-order chi connectivity index (χ0) is 10.1. The number of hydrogen-bond acceptors (Lipinski definition) is 2. The van der Waals surface area contributed by atoms with Crippen molar-refractivity contribution in [3.05, 3.63) is 49.1 Å². The van der Waals surface area contributed by atoms with Gasteiger partial charge in [-0.15, -0.1) is 0 Å². The molecule has 0 spiro atoms. The van der Waals surface area contributed by atoms with Crippen LogP contribution in [0.5, 0.6) is 0 Å². The van der Waals surface area contributed by atoms with E-state index in [2.05, 4.69) is 6.58 Å². The smallest absolute Gasteiger partial charge is 0.178 e. The average Bonchev–Trinajstić information content (AvgIpc) is 2.10. The lowest BCUT2D eigenvalue weighted by Gasteiger charge is -1.77. The highest BCUT2D eigenvalue weighted by Crippen LogP contribution is 1.83. The molecule has 0 rings (SSSR count). The molecule has 0 N–H and O–H groups in total. The molecule has 2 nitrogen and oxygen atoms in total. The predicted molar refractivity (Wildman–Crippen MR) is 53.3 cm³/mol. The first-order valence-electron chi connectivity index (χ1n) is 3.85. The fourth-order valence-electron chi connectivity index (χ4n) is 0.538. The lowest BCUT2D eigenvalue weighted by molar-refractivity contribution is -0.112. The van der Waals surface area contributed by atoms with Gasteiger partial charge in [-0.3, -0.25) is 9.59 Å². The Hall–Kier alpha value is -1.70. The number of carbonyl (C=O) groups excluding carboxylic acids is 2. The monoisotopic (exact) mass is 176 g/mol. The van der Waals surface area contributed by atoms with Gasteiger partial charge in [-0.1, -0.05) is 30.9 Å². The molecule has 0 aliphatic carbocycles. The molecule has 0 bridgehead atoms. The second-order valence-corrected chi connectivity index (χ2v) is 2.32. The van der Waals surface area contributed by atoms with E-state index >= 15 is 0 Å². The van der Waals surface area contributed by atoms with Crippen LogP contribution in [0.15, 0.2) is 49.1 Å². The highest BCUT2D eigenvalue weighted by molar-refractivity contribution is 5.98. The summed E-state index contributed by atoms with van der Waals surface area (Å²) < 4.78 is 0. The molecule has 0 atom stereocenters. The lowest BCUT2D eigenvalue weighted by Crippen LogP contribution is -1.80. The van der Waals surface area contributed by atoms with Crippen LogP contribution in [0.4, 0.5) is 0 Å². The van der Waals surface area contributed by atoms with E-state index in [0.29, 0.717) is 0 Å². The summed E-state index contributed by atoms with van der Waals surface area (Å²) in [5.41, 5.74) is 0. The largest absolute Gasteiger partial charge is 0.295 e. The van der Waals surface area contributed by atoms with Crippen LogP contribution in [0.3, 0.4) is 0 Å². The van der Waals surface area contributed by atoms with Gasteiger partial charge in [0.05, 0.1) is 0 Å². The Morgan fingerprint density at radius 2 is 1.54 bits per heavy atom. The first-order valence-corrected chi connectivity index (χ1v) is 3.85. The fraction of sp³-hybridized carbons (Fsp3) is 0.0909. The first kappa shape index (κ1) is 11.3. The molecule has 0 saturated carbocycles. The third kappa shape index (κ3) is 8.20. The molecule has 0 aliphatic rings. The quantitative estimate of drug-likeness (QED) is 0.474. The van der Waals surface area contributed by atoms with E-state index in [0.717, 1.165) is 0 Å². The summed E-state index contributed by atoms with van der Waals surface area (Å²) in [6, 6.07) is 0. The minimum absolute atomic E-state index is 0.00389. The number of allylic oxidation sites excluding steroid dienone is 7. The predicted octanol–water partition coefficient (Wildman–Crippen LogP) is 2.00. The summed E-state index contributed by atoms with van der Waals surface area (Å²) in [5.74, 6) is -0.143. The van der Waals surface area contributed by atoms with Crippen LogP contribution in [0.2, 0.25) is 0 Å². The Morgan fingerprint density at radius 1 is 1.00 bits per heavy atom. The van der Waals surface area contributed by atoms with Crippen LogP contribution in [-0.4, -0.2) is 11.6 Å². The second-order valence-electron chi connectivity index (χ2n) is 2.32. The molecule has 68 valence electrons. The zero-order valence-electron chi connectivity index (χ0n) is 7.57. The molecule has 13 heavy (non-hydrogen) atoms. The van der Waals surface area contributed by atoms with Crippen LogP contribution < -0.4 is 0 Å². The van der Waals surface area contributed by atoms with Crippen molar-refractivity contribution >= 4 is 11.6 Å². The highest BCUT2D eigenvalue weighted by Gasteiger charge is 1.80. The molecular weight excluding hydrogens is 164 g/mol. The number of rotatable bonds is 5. The Labute approximate surface area is 78.0 Å². The Bertz CT molecular complexity index is 280. The Balaban J connectivity index is 3.88. The second kappa shape index (κ2) is 6.98. The molecule has 0 amide bonds. The summed E-state index contributed by atoms with van der Waals surface area (Å²) in [5, 5.41) is 0. The van der Waals surface area contributed by atoms with Crippen LogP contribution in [0, 0.1) is 0 Å². The molecular formula is C11H12O2. The molecule has 0 heterocycles. The van der Waals surface area contributed by atoms with Gasteiger partial charge in [0.15, 0.2) is 11.6 Å². The van der Waals surface area contributed by atoms with Crippen molar-refractivity contribution < 1.29 is 9.59 Å². The van der Waals surface area contributed by atoms with Crippen molar-refractivity contribution in [2.24, 2.45) is 0 Å².